The zero-order valence-corrected chi connectivity index (χ0v) is 14.9. The number of benzene rings is 1. The monoisotopic (exact) mass is 394 g/mol. The summed E-state index contributed by atoms with van der Waals surface area (Å²) in [6, 6.07) is 2.06. The van der Waals surface area contributed by atoms with E-state index in [9.17, 15) is 31.5 Å². The van der Waals surface area contributed by atoms with E-state index in [2.05, 4.69) is 14.8 Å². The van der Waals surface area contributed by atoms with E-state index in [0.29, 0.717) is 11.0 Å². The van der Waals surface area contributed by atoms with E-state index in [0.717, 1.165) is 12.1 Å². The third-order valence-electron chi connectivity index (χ3n) is 2.84. The standard InChI is InChI=1S/C15H17F3N2O5S/c1-10(2)19-26(23,24)25-8-7-11(3)20(14(21)22)13-6-4-5-12(9-13)15(16,17)18/h4-6,9-11,19H,1-3H3,(H,21,22). The van der Waals surface area contributed by atoms with Crippen LogP contribution in [0.5, 0.6) is 0 Å². The van der Waals surface area contributed by atoms with E-state index in [1.807, 2.05) is 6.11 Å². The van der Waals surface area contributed by atoms with Gasteiger partial charge in [0.2, 0.25) is 0 Å². The number of carbonyl (C=O) groups is 1. The predicted octanol–water partition coefficient (Wildman–Crippen LogP) is 2.80. The molecule has 0 saturated carbocycles. The van der Waals surface area contributed by atoms with E-state index in [1.54, 1.807) is 13.8 Å². The molecule has 0 bridgehead atoms. The maximum atomic E-state index is 12.8. The summed E-state index contributed by atoms with van der Waals surface area (Å²) in [5, 5.41) is 9.27. The van der Waals surface area contributed by atoms with Crippen molar-refractivity contribution in [2.45, 2.75) is 39.0 Å². The van der Waals surface area contributed by atoms with Gasteiger partial charge >= 0.3 is 22.6 Å². The van der Waals surface area contributed by atoms with Crippen molar-refractivity contribution in [3.8, 4) is 12.0 Å². The minimum absolute atomic E-state index is 0.266. The molecule has 0 aliphatic carbocycles. The molecule has 7 nitrogen and oxygen atoms in total. The Kier molecular flexibility index (Phi) is 6.88. The molecule has 1 rings (SSSR count). The lowest BCUT2D eigenvalue weighted by molar-refractivity contribution is -0.137. The Hall–Kier alpha value is -2.45. The molecule has 0 saturated heterocycles. The molecular weight excluding hydrogens is 377 g/mol. The summed E-state index contributed by atoms with van der Waals surface area (Å²) in [6.45, 7) is 4.38. The van der Waals surface area contributed by atoms with Gasteiger partial charge in [0.1, 0.15) is 12.1 Å². The van der Waals surface area contributed by atoms with Gasteiger partial charge in [-0.05, 0) is 44.9 Å². The third-order valence-corrected chi connectivity index (χ3v) is 3.91. The van der Waals surface area contributed by atoms with Crippen molar-refractivity contribution in [2.24, 2.45) is 0 Å². The van der Waals surface area contributed by atoms with E-state index in [4.69, 9.17) is 0 Å². The first kappa shape index (κ1) is 21.6. The number of anilines is 1. The molecule has 1 atom stereocenters. The lowest BCUT2D eigenvalue weighted by atomic mass is 10.1. The summed E-state index contributed by atoms with van der Waals surface area (Å²) < 4.78 is 67.7. The summed E-state index contributed by atoms with van der Waals surface area (Å²) in [7, 11) is -4.15. The number of rotatable bonds is 5. The summed E-state index contributed by atoms with van der Waals surface area (Å²) in [6.07, 6.45) is -4.35. The van der Waals surface area contributed by atoms with E-state index >= 15 is 0 Å². The summed E-state index contributed by atoms with van der Waals surface area (Å²) in [5.74, 6) is 2.22. The number of nitrogens with zero attached hydrogens (tertiary/aromatic N) is 1. The first-order valence-corrected chi connectivity index (χ1v) is 8.65. The molecule has 0 heterocycles. The van der Waals surface area contributed by atoms with Crippen molar-refractivity contribution in [2.75, 3.05) is 4.90 Å². The van der Waals surface area contributed by atoms with Gasteiger partial charge in [0.15, 0.2) is 0 Å². The fourth-order valence-corrected chi connectivity index (χ4v) is 2.66. The molecule has 0 aliphatic rings. The number of hydrogen-bond donors (Lipinski definition) is 2. The van der Waals surface area contributed by atoms with Gasteiger partial charge in [0.05, 0.1) is 5.56 Å². The molecule has 1 aromatic rings. The lowest BCUT2D eigenvalue weighted by Gasteiger charge is -2.23. The fraction of sp³-hybridized carbons (Fsp3) is 0.400. The molecule has 1 aromatic carbocycles. The first-order valence-electron chi connectivity index (χ1n) is 7.24. The SMILES string of the molecule is CC(C)NS(=O)(=O)OC#CC(C)N(C(=O)O)c1cccc(C(F)(F)F)c1. The molecule has 1 unspecified atom stereocenters. The molecule has 0 aliphatic heterocycles. The van der Waals surface area contributed by atoms with Crippen molar-refractivity contribution in [3.63, 3.8) is 0 Å². The zero-order chi connectivity index (χ0) is 20.1. The Labute approximate surface area is 149 Å². The van der Waals surface area contributed by atoms with E-state index in [-0.39, 0.29) is 5.69 Å². The van der Waals surface area contributed by atoms with Crippen molar-refractivity contribution < 1.29 is 35.7 Å². The molecule has 11 heteroatoms. The minimum Gasteiger partial charge on any atom is -0.465 e. The highest BCUT2D eigenvalue weighted by Crippen LogP contribution is 2.32. The van der Waals surface area contributed by atoms with Crippen LogP contribution >= 0.6 is 0 Å². The molecule has 1 amide bonds. The van der Waals surface area contributed by atoms with Gasteiger partial charge < -0.3 is 9.29 Å². The van der Waals surface area contributed by atoms with Crippen LogP contribution in [0, 0.1) is 12.0 Å². The number of hydrogen-bond acceptors (Lipinski definition) is 4. The minimum atomic E-state index is -4.64. The highest BCUT2D eigenvalue weighted by atomic mass is 32.2. The average Bonchev–Trinajstić information content (AvgIpc) is 2.44. The maximum absolute atomic E-state index is 12.8. The normalized spacial score (nSPS) is 12.9. The van der Waals surface area contributed by atoms with Gasteiger partial charge in [0, 0.05) is 11.7 Å². The van der Waals surface area contributed by atoms with Gasteiger partial charge in [-0.3, -0.25) is 4.90 Å². The molecule has 0 spiro atoms. The van der Waals surface area contributed by atoms with Gasteiger partial charge in [-0.2, -0.15) is 26.3 Å². The number of carboxylic acid groups (broad SMARTS) is 1. The highest BCUT2D eigenvalue weighted by Gasteiger charge is 2.32. The maximum Gasteiger partial charge on any atom is 0.416 e. The number of alkyl halides is 3. The van der Waals surface area contributed by atoms with Crippen LogP contribution in [-0.2, 0) is 20.7 Å². The largest absolute Gasteiger partial charge is 0.465 e. The average molecular weight is 394 g/mol. The van der Waals surface area contributed by atoms with Crippen LogP contribution in [0.2, 0.25) is 0 Å². The van der Waals surface area contributed by atoms with Crippen LogP contribution in [0.1, 0.15) is 26.3 Å². The van der Waals surface area contributed by atoms with Crippen molar-refractivity contribution in [3.05, 3.63) is 29.8 Å². The zero-order valence-electron chi connectivity index (χ0n) is 14.0. The Morgan fingerprint density at radius 3 is 2.42 bits per heavy atom. The van der Waals surface area contributed by atoms with Gasteiger partial charge in [0.25, 0.3) is 0 Å². The second kappa shape index (κ2) is 8.29. The number of nitrogens with one attached hydrogen (secondary N) is 1. The third kappa shape index (κ3) is 6.45. The molecule has 26 heavy (non-hydrogen) atoms. The molecule has 0 radical (unpaired) electrons. The second-order valence-corrected chi connectivity index (χ2v) is 6.74. The Bertz CT molecular complexity index is 813. The van der Waals surface area contributed by atoms with Crippen LogP contribution < -0.4 is 9.62 Å². The van der Waals surface area contributed by atoms with Crippen LogP contribution in [0.3, 0.4) is 0 Å². The fourth-order valence-electron chi connectivity index (χ4n) is 1.87. The van der Waals surface area contributed by atoms with Crippen LogP contribution in [0.4, 0.5) is 23.7 Å². The van der Waals surface area contributed by atoms with Crippen LogP contribution in [-0.4, -0.2) is 31.7 Å². The smallest absolute Gasteiger partial charge is 0.416 e. The summed E-state index contributed by atoms with van der Waals surface area (Å²) in [5.41, 5.74) is -1.29. The number of amides is 1. The Balaban J connectivity index is 3.06. The van der Waals surface area contributed by atoms with Gasteiger partial charge in [-0.15, -0.1) is 0 Å². The van der Waals surface area contributed by atoms with Crippen molar-refractivity contribution >= 4 is 22.1 Å². The van der Waals surface area contributed by atoms with Gasteiger partial charge in [-0.1, -0.05) is 6.07 Å². The van der Waals surface area contributed by atoms with E-state index < -0.39 is 40.2 Å². The van der Waals surface area contributed by atoms with Crippen LogP contribution in [0.15, 0.2) is 24.3 Å². The Morgan fingerprint density at radius 1 is 1.31 bits per heavy atom. The van der Waals surface area contributed by atoms with Crippen molar-refractivity contribution in [1.82, 2.24) is 4.72 Å². The molecule has 2 N–H and O–H groups in total. The highest BCUT2D eigenvalue weighted by molar-refractivity contribution is 7.84. The quantitative estimate of drug-likeness (QED) is 0.749. The molecule has 144 valence electrons. The van der Waals surface area contributed by atoms with Crippen LogP contribution in [0.25, 0.3) is 0 Å². The topological polar surface area (TPSA) is 95.9 Å². The lowest BCUT2D eigenvalue weighted by Crippen LogP contribution is -2.37. The number of halogens is 3. The Morgan fingerprint density at radius 2 is 1.92 bits per heavy atom. The summed E-state index contributed by atoms with van der Waals surface area (Å²) in [4.78, 5) is 12.0. The molecular formula is C15H17F3N2O5S. The predicted molar refractivity (Wildman–Crippen MR) is 87.5 cm³/mol. The first-order chi connectivity index (χ1) is 11.8. The molecule has 0 aromatic heterocycles. The molecule has 0 fully saturated rings. The second-order valence-electron chi connectivity index (χ2n) is 5.43. The van der Waals surface area contributed by atoms with Gasteiger partial charge in [-0.25, -0.2) is 4.79 Å². The summed E-state index contributed by atoms with van der Waals surface area (Å²) >= 11 is 0. The van der Waals surface area contributed by atoms with E-state index in [1.165, 1.54) is 13.0 Å². The van der Waals surface area contributed by atoms with Crippen molar-refractivity contribution in [1.29, 1.82) is 0 Å².